The van der Waals surface area contributed by atoms with Gasteiger partial charge in [-0.15, -0.1) is 0 Å². The Morgan fingerprint density at radius 3 is 2.39 bits per heavy atom. The van der Waals surface area contributed by atoms with E-state index in [1.54, 1.807) is 14.2 Å². The second kappa shape index (κ2) is 12.8. The van der Waals surface area contributed by atoms with Gasteiger partial charge in [0, 0.05) is 17.9 Å². The largest absolute Gasteiger partial charge is 0.493 e. The lowest BCUT2D eigenvalue weighted by Gasteiger charge is -2.29. The van der Waals surface area contributed by atoms with Crippen LogP contribution >= 0.6 is 0 Å². The fourth-order valence-corrected chi connectivity index (χ4v) is 4.79. The van der Waals surface area contributed by atoms with Gasteiger partial charge in [-0.05, 0) is 48.8 Å². The number of fused-ring (bicyclic) bond motifs is 1. The summed E-state index contributed by atoms with van der Waals surface area (Å²) in [5.41, 5.74) is 2.97. The molecule has 3 rings (SSSR count). The molecule has 2 amide bonds. The van der Waals surface area contributed by atoms with Crippen LogP contribution in [0.4, 0.5) is 0 Å². The van der Waals surface area contributed by atoms with E-state index in [0.717, 1.165) is 23.1 Å². The number of benzene rings is 2. The Bertz CT molecular complexity index is 1030. The number of methoxy groups -OCH3 is 2. The van der Waals surface area contributed by atoms with Crippen molar-refractivity contribution in [1.82, 2.24) is 10.6 Å². The van der Waals surface area contributed by atoms with Crippen LogP contribution in [0, 0.1) is 11.8 Å². The van der Waals surface area contributed by atoms with Crippen LogP contribution in [0.2, 0.25) is 0 Å². The van der Waals surface area contributed by atoms with Crippen molar-refractivity contribution in [2.24, 2.45) is 11.8 Å². The topological polar surface area (TPSA) is 117 Å². The summed E-state index contributed by atoms with van der Waals surface area (Å²) in [5, 5.41) is 25.2. The van der Waals surface area contributed by atoms with Gasteiger partial charge in [-0.25, -0.2) is 0 Å². The van der Waals surface area contributed by atoms with E-state index in [2.05, 4.69) is 10.6 Å². The Morgan fingerprint density at radius 1 is 1.06 bits per heavy atom. The lowest BCUT2D eigenvalue weighted by molar-refractivity contribution is -0.131. The fraction of sp³-hybridized carbons (Fsp3) is 0.481. The molecule has 2 aromatic rings. The molecule has 4 N–H and O–H groups in total. The molecule has 1 aliphatic carbocycles. The van der Waals surface area contributed by atoms with Gasteiger partial charge in [0.1, 0.15) is 6.04 Å². The van der Waals surface area contributed by atoms with Crippen molar-refractivity contribution < 1.29 is 29.1 Å². The van der Waals surface area contributed by atoms with Crippen LogP contribution < -0.4 is 20.1 Å². The summed E-state index contributed by atoms with van der Waals surface area (Å²) in [6.07, 6.45) is 2.54. The molecule has 0 radical (unpaired) electrons. The van der Waals surface area contributed by atoms with Crippen molar-refractivity contribution in [3.05, 3.63) is 59.2 Å². The van der Waals surface area contributed by atoms with Crippen LogP contribution in [0.1, 0.15) is 43.4 Å². The van der Waals surface area contributed by atoms with Gasteiger partial charge in [0.05, 0.1) is 20.2 Å². The predicted octanol–water partition coefficient (Wildman–Crippen LogP) is 2.08. The highest BCUT2D eigenvalue weighted by Gasteiger charge is 2.33. The van der Waals surface area contributed by atoms with Crippen molar-refractivity contribution in [2.75, 3.05) is 14.2 Å². The van der Waals surface area contributed by atoms with E-state index in [4.69, 9.17) is 9.47 Å². The zero-order chi connectivity index (χ0) is 26.2. The van der Waals surface area contributed by atoms with E-state index in [1.807, 2.05) is 56.3 Å². The molecule has 0 saturated heterocycles. The van der Waals surface area contributed by atoms with Gasteiger partial charge in [0.25, 0.3) is 0 Å². The molecule has 8 nitrogen and oxygen atoms in total. The minimum absolute atomic E-state index is 0.147. The third-order valence-corrected chi connectivity index (χ3v) is 6.66. The summed E-state index contributed by atoms with van der Waals surface area (Å²) in [5.74, 6) is -0.413. The zero-order valence-electron chi connectivity index (χ0n) is 21.5. The summed E-state index contributed by atoms with van der Waals surface area (Å²) in [6.45, 7) is 3.88. The summed E-state index contributed by atoms with van der Waals surface area (Å²) in [7, 11) is 1.48. The molecule has 36 heavy (non-hydrogen) atoms. The molecule has 0 heterocycles. The maximum absolute atomic E-state index is 13.4. The molecule has 0 aromatic heterocycles. The molecular formula is C27H37BN2O6. The van der Waals surface area contributed by atoms with Gasteiger partial charge in [0.2, 0.25) is 11.8 Å². The van der Waals surface area contributed by atoms with Gasteiger partial charge in [-0.3, -0.25) is 9.59 Å². The Hall–Kier alpha value is -3.04. The molecule has 2 aromatic carbocycles. The smallest absolute Gasteiger partial charge is 0.475 e. The van der Waals surface area contributed by atoms with Crippen LogP contribution in [-0.4, -0.2) is 55.2 Å². The van der Waals surface area contributed by atoms with Crippen molar-refractivity contribution in [3.8, 4) is 11.5 Å². The normalized spacial score (nSPS) is 16.5. The van der Waals surface area contributed by atoms with E-state index in [9.17, 15) is 19.6 Å². The minimum atomic E-state index is -1.69. The number of carbonyl (C=O) groups excluding carboxylic acids is 2. The Kier molecular flexibility index (Phi) is 9.78. The SMILES string of the molecule is COc1ccc2c(c1OC)CC(C(=O)N[C@@H](Cc1ccccc1)C(=O)N[C@@H](CC(C)C)B(O)O)CC2. The first-order chi connectivity index (χ1) is 17.2. The average Bonchev–Trinajstić information content (AvgIpc) is 2.86. The van der Waals surface area contributed by atoms with Gasteiger partial charge < -0.3 is 30.2 Å². The molecule has 0 aliphatic heterocycles. The number of amides is 2. The van der Waals surface area contributed by atoms with E-state index in [0.29, 0.717) is 30.8 Å². The number of hydrogen-bond donors (Lipinski definition) is 4. The zero-order valence-corrected chi connectivity index (χ0v) is 21.5. The lowest BCUT2D eigenvalue weighted by Crippen LogP contribution is -2.55. The minimum Gasteiger partial charge on any atom is -0.493 e. The number of ether oxygens (including phenoxy) is 2. The van der Waals surface area contributed by atoms with E-state index < -0.39 is 25.0 Å². The van der Waals surface area contributed by atoms with Crippen molar-refractivity contribution in [1.29, 1.82) is 0 Å². The average molecular weight is 496 g/mol. The summed E-state index contributed by atoms with van der Waals surface area (Å²) in [6, 6.07) is 12.5. The lowest BCUT2D eigenvalue weighted by atomic mass is 9.75. The third kappa shape index (κ3) is 7.01. The number of aryl methyl sites for hydroxylation is 1. The third-order valence-electron chi connectivity index (χ3n) is 6.66. The molecule has 1 unspecified atom stereocenters. The summed E-state index contributed by atoms with van der Waals surface area (Å²) >= 11 is 0. The first-order valence-corrected chi connectivity index (χ1v) is 12.5. The molecule has 3 atom stereocenters. The summed E-state index contributed by atoms with van der Waals surface area (Å²) in [4.78, 5) is 26.7. The number of nitrogens with one attached hydrogen (secondary N) is 2. The number of carbonyl (C=O) groups is 2. The van der Waals surface area contributed by atoms with Gasteiger partial charge in [-0.2, -0.15) is 0 Å². The maximum Gasteiger partial charge on any atom is 0.475 e. The first-order valence-electron chi connectivity index (χ1n) is 12.5. The molecule has 0 spiro atoms. The highest BCUT2D eigenvalue weighted by Crippen LogP contribution is 2.39. The van der Waals surface area contributed by atoms with Gasteiger partial charge in [-0.1, -0.05) is 50.2 Å². The Balaban J connectivity index is 1.78. The van der Waals surface area contributed by atoms with E-state index in [-0.39, 0.29) is 24.2 Å². The van der Waals surface area contributed by atoms with Gasteiger partial charge >= 0.3 is 7.12 Å². The van der Waals surface area contributed by atoms with Crippen LogP contribution in [0.3, 0.4) is 0 Å². The quantitative estimate of drug-likeness (QED) is 0.354. The molecular weight excluding hydrogens is 459 g/mol. The predicted molar refractivity (Wildman–Crippen MR) is 139 cm³/mol. The maximum atomic E-state index is 13.4. The van der Waals surface area contributed by atoms with E-state index in [1.165, 1.54) is 0 Å². The highest BCUT2D eigenvalue weighted by atomic mass is 16.5. The molecule has 0 saturated carbocycles. The van der Waals surface area contributed by atoms with Crippen LogP contribution in [-0.2, 0) is 28.9 Å². The highest BCUT2D eigenvalue weighted by molar-refractivity contribution is 6.43. The van der Waals surface area contributed by atoms with Crippen LogP contribution in [0.15, 0.2) is 42.5 Å². The number of hydrogen-bond acceptors (Lipinski definition) is 6. The first kappa shape index (κ1) is 27.6. The van der Waals surface area contributed by atoms with E-state index >= 15 is 0 Å². The second-order valence-corrected chi connectivity index (χ2v) is 9.79. The van der Waals surface area contributed by atoms with Crippen LogP contribution in [0.5, 0.6) is 11.5 Å². The van der Waals surface area contributed by atoms with Crippen LogP contribution in [0.25, 0.3) is 0 Å². The fourth-order valence-electron chi connectivity index (χ4n) is 4.79. The molecule has 1 aliphatic rings. The molecule has 194 valence electrons. The van der Waals surface area contributed by atoms with Crippen molar-refractivity contribution >= 4 is 18.9 Å². The number of rotatable bonds is 11. The monoisotopic (exact) mass is 496 g/mol. The standard InChI is InChI=1S/C27H37BN2O6/c1-17(2)14-24(28(33)34)30-27(32)22(15-18-8-6-5-7-9-18)29-26(31)20-11-10-19-12-13-23(35-3)25(36-4)21(19)16-20/h5-9,12-13,17,20,22,24,33-34H,10-11,14-16H2,1-4H3,(H,29,31)(H,30,32)/t20?,22-,24-/m0/s1. The summed E-state index contributed by atoms with van der Waals surface area (Å²) < 4.78 is 11.0. The Labute approximate surface area is 213 Å². The van der Waals surface area contributed by atoms with Gasteiger partial charge in [0.15, 0.2) is 11.5 Å². The Morgan fingerprint density at radius 2 is 1.78 bits per heavy atom. The van der Waals surface area contributed by atoms with Crippen molar-refractivity contribution in [3.63, 3.8) is 0 Å². The molecule has 9 heteroatoms. The second-order valence-electron chi connectivity index (χ2n) is 9.79. The van der Waals surface area contributed by atoms with Crippen molar-refractivity contribution in [2.45, 2.75) is 57.9 Å². The molecule has 0 fully saturated rings. The molecule has 0 bridgehead atoms.